The Morgan fingerprint density at radius 2 is 1.77 bits per heavy atom. The van der Waals surface area contributed by atoms with E-state index in [4.69, 9.17) is 23.2 Å². The maximum Gasteiger partial charge on any atom is 0.416 e. The molecule has 30 heavy (non-hydrogen) atoms. The lowest BCUT2D eigenvalue weighted by Gasteiger charge is -2.14. The minimum absolute atomic E-state index is 0.368. The van der Waals surface area contributed by atoms with Crippen LogP contribution >= 0.6 is 23.2 Å². The molecule has 3 rings (SSSR count). The summed E-state index contributed by atoms with van der Waals surface area (Å²) in [5.74, 6) is -4.30. The van der Waals surface area contributed by atoms with Gasteiger partial charge in [-0.1, -0.05) is 23.2 Å². The first-order valence-corrected chi connectivity index (χ1v) is 8.86. The summed E-state index contributed by atoms with van der Waals surface area (Å²) in [6.07, 6.45) is -4.84. The largest absolute Gasteiger partial charge is 0.416 e. The molecule has 0 unspecified atom stereocenters. The van der Waals surface area contributed by atoms with Crippen molar-refractivity contribution in [3.05, 3.63) is 39.0 Å². The van der Waals surface area contributed by atoms with Crippen LogP contribution in [0.4, 0.5) is 32.2 Å². The van der Waals surface area contributed by atoms with Gasteiger partial charge in [-0.2, -0.15) is 23.5 Å². The van der Waals surface area contributed by atoms with Crippen molar-refractivity contribution in [3.63, 3.8) is 0 Å². The Bertz CT molecular complexity index is 1060. The SMILES string of the molecule is CN(C)/C=N\c1c([C@]2(F)CC2(F)F)c(C#N)nn1-c1c(Cl)cc(C(F)(F)F)cc1Cl. The number of rotatable bonds is 4. The zero-order valence-electron chi connectivity index (χ0n) is 15.2. The number of hydrogen-bond acceptors (Lipinski definition) is 3. The second kappa shape index (κ2) is 7.06. The summed E-state index contributed by atoms with van der Waals surface area (Å²) >= 11 is 11.9. The molecule has 0 radical (unpaired) electrons. The molecule has 160 valence electrons. The summed E-state index contributed by atoms with van der Waals surface area (Å²) in [6.45, 7) is 0. The number of aromatic nitrogens is 2. The van der Waals surface area contributed by atoms with Crippen molar-refractivity contribution in [2.45, 2.75) is 24.2 Å². The Balaban J connectivity index is 2.32. The fraction of sp³-hybridized carbons (Fsp3) is 0.353. The van der Waals surface area contributed by atoms with Gasteiger partial charge in [0.05, 0.1) is 33.9 Å². The van der Waals surface area contributed by atoms with E-state index in [2.05, 4.69) is 10.1 Å². The van der Waals surface area contributed by atoms with E-state index in [0.29, 0.717) is 16.8 Å². The van der Waals surface area contributed by atoms with Gasteiger partial charge >= 0.3 is 6.18 Å². The molecule has 1 heterocycles. The molecule has 1 saturated carbocycles. The molecule has 1 aromatic carbocycles. The summed E-state index contributed by atoms with van der Waals surface area (Å²) in [5.41, 5.74) is -6.25. The summed E-state index contributed by atoms with van der Waals surface area (Å²) in [5, 5.41) is 12.0. The fourth-order valence-corrected chi connectivity index (χ4v) is 3.41. The highest BCUT2D eigenvalue weighted by Gasteiger charge is 2.76. The molecule has 0 aliphatic heterocycles. The van der Waals surface area contributed by atoms with Gasteiger partial charge < -0.3 is 4.90 Å². The van der Waals surface area contributed by atoms with E-state index < -0.39 is 56.9 Å². The van der Waals surface area contributed by atoms with E-state index in [0.717, 1.165) is 6.34 Å². The molecule has 1 aromatic heterocycles. The third-order valence-corrected chi connectivity index (χ3v) is 4.83. The van der Waals surface area contributed by atoms with Gasteiger partial charge in [0.1, 0.15) is 11.8 Å². The Morgan fingerprint density at radius 1 is 1.23 bits per heavy atom. The minimum atomic E-state index is -4.76. The summed E-state index contributed by atoms with van der Waals surface area (Å²) in [7, 11) is 3.06. The molecule has 5 nitrogen and oxygen atoms in total. The van der Waals surface area contributed by atoms with Gasteiger partial charge in [-0.15, -0.1) is 0 Å². The molecule has 2 aromatic rings. The third-order valence-electron chi connectivity index (χ3n) is 4.25. The first kappa shape index (κ1) is 22.2. The van der Waals surface area contributed by atoms with Gasteiger partial charge in [-0.05, 0) is 12.1 Å². The van der Waals surface area contributed by atoms with Gasteiger partial charge in [0.15, 0.2) is 11.5 Å². The van der Waals surface area contributed by atoms with Crippen LogP contribution in [-0.4, -0.2) is 41.0 Å². The summed E-state index contributed by atoms with van der Waals surface area (Å²) < 4.78 is 82.1. The van der Waals surface area contributed by atoms with Crippen LogP contribution in [-0.2, 0) is 11.8 Å². The van der Waals surface area contributed by atoms with Crippen LogP contribution in [0.15, 0.2) is 17.1 Å². The molecule has 0 saturated heterocycles. The van der Waals surface area contributed by atoms with Crippen molar-refractivity contribution >= 4 is 35.4 Å². The molecule has 0 spiro atoms. The van der Waals surface area contributed by atoms with E-state index in [-0.39, 0.29) is 5.69 Å². The standard InChI is InChI=1S/C17H11Cl2F6N5/c1-29(2)7-27-14-12(15(20)6-16(15,21)22)11(5-26)28-30(14)13-9(18)3-8(4-10(13)19)17(23,24)25/h3-4,7H,6H2,1-2H3/b27-7-/t15-/m1/s1. The number of alkyl halides is 6. The molecular formula is C17H11Cl2F6N5. The first-order chi connectivity index (χ1) is 13.7. The predicted molar refractivity (Wildman–Crippen MR) is 97.5 cm³/mol. The zero-order chi connectivity index (χ0) is 22.6. The Kier molecular flexibility index (Phi) is 5.23. The van der Waals surface area contributed by atoms with E-state index >= 15 is 0 Å². The topological polar surface area (TPSA) is 57.2 Å². The lowest BCUT2D eigenvalue weighted by atomic mass is 10.1. The summed E-state index contributed by atoms with van der Waals surface area (Å²) in [6, 6.07) is 2.61. The van der Waals surface area contributed by atoms with Crippen molar-refractivity contribution in [1.29, 1.82) is 5.26 Å². The number of nitriles is 1. The average molecular weight is 470 g/mol. The molecule has 1 aliphatic carbocycles. The molecule has 0 amide bonds. The van der Waals surface area contributed by atoms with E-state index in [1.54, 1.807) is 0 Å². The predicted octanol–water partition coefficient (Wildman–Crippen LogP) is 5.49. The van der Waals surface area contributed by atoms with Crippen LogP contribution in [0, 0.1) is 11.3 Å². The number of nitrogens with zero attached hydrogens (tertiary/aromatic N) is 5. The first-order valence-electron chi connectivity index (χ1n) is 8.10. The zero-order valence-corrected chi connectivity index (χ0v) is 16.7. The van der Waals surface area contributed by atoms with Crippen LogP contribution in [0.5, 0.6) is 0 Å². The van der Waals surface area contributed by atoms with Gasteiger partial charge in [0, 0.05) is 14.1 Å². The number of benzene rings is 1. The van der Waals surface area contributed by atoms with Crippen LogP contribution < -0.4 is 0 Å². The van der Waals surface area contributed by atoms with E-state index in [1.165, 1.54) is 25.1 Å². The smallest absolute Gasteiger partial charge is 0.369 e. The maximum atomic E-state index is 14.9. The highest BCUT2D eigenvalue weighted by atomic mass is 35.5. The molecule has 13 heteroatoms. The normalized spacial score (nSPS) is 20.4. The van der Waals surface area contributed by atoms with Crippen LogP contribution in [0.25, 0.3) is 5.69 Å². The van der Waals surface area contributed by atoms with E-state index in [9.17, 15) is 31.6 Å². The molecule has 1 atom stereocenters. The maximum absolute atomic E-state index is 14.9. The van der Waals surface area contributed by atoms with Crippen molar-refractivity contribution in [2.75, 3.05) is 14.1 Å². The van der Waals surface area contributed by atoms with Gasteiger partial charge in [0.2, 0.25) is 5.67 Å². The van der Waals surface area contributed by atoms with Gasteiger partial charge in [-0.25, -0.2) is 22.8 Å². The number of aliphatic imine (C=N–C) groups is 1. The van der Waals surface area contributed by atoms with Crippen LogP contribution in [0.2, 0.25) is 10.0 Å². The van der Waals surface area contributed by atoms with Crippen molar-refractivity contribution in [1.82, 2.24) is 14.7 Å². The molecule has 0 bridgehead atoms. The van der Waals surface area contributed by atoms with Crippen molar-refractivity contribution < 1.29 is 26.3 Å². The second-order valence-electron chi connectivity index (χ2n) is 6.75. The molecular weight excluding hydrogens is 459 g/mol. The average Bonchev–Trinajstić information content (AvgIpc) is 2.95. The lowest BCUT2D eigenvalue weighted by Crippen LogP contribution is -2.12. The molecule has 1 aliphatic rings. The quantitative estimate of drug-likeness (QED) is 0.337. The van der Waals surface area contributed by atoms with Crippen LogP contribution in [0.3, 0.4) is 0 Å². The molecule has 1 fully saturated rings. The fourth-order valence-electron chi connectivity index (χ4n) is 2.76. The number of halogens is 8. The third kappa shape index (κ3) is 3.58. The minimum Gasteiger partial charge on any atom is -0.369 e. The molecule has 0 N–H and O–H groups in total. The highest BCUT2D eigenvalue weighted by Crippen LogP contribution is 2.65. The highest BCUT2D eigenvalue weighted by molar-refractivity contribution is 6.38. The second-order valence-corrected chi connectivity index (χ2v) is 7.56. The van der Waals surface area contributed by atoms with Crippen molar-refractivity contribution in [3.8, 4) is 11.8 Å². The van der Waals surface area contributed by atoms with Crippen LogP contribution in [0.1, 0.15) is 23.2 Å². The van der Waals surface area contributed by atoms with Gasteiger partial charge in [-0.3, -0.25) is 0 Å². The Labute approximate surface area is 176 Å². The number of hydrogen-bond donors (Lipinski definition) is 0. The Hall–Kier alpha value is -2.45. The monoisotopic (exact) mass is 469 g/mol. The lowest BCUT2D eigenvalue weighted by molar-refractivity contribution is -0.137. The van der Waals surface area contributed by atoms with E-state index in [1.807, 2.05) is 0 Å². The van der Waals surface area contributed by atoms with Gasteiger partial charge in [0.25, 0.3) is 5.92 Å². The van der Waals surface area contributed by atoms with Crippen molar-refractivity contribution in [2.24, 2.45) is 4.99 Å². The summed E-state index contributed by atoms with van der Waals surface area (Å²) in [4.78, 5) is 5.30. The Morgan fingerprint density at radius 3 is 2.17 bits per heavy atom.